The Kier molecular flexibility index (Phi) is 3.50. The zero-order valence-corrected chi connectivity index (χ0v) is 10.8. The Hall–Kier alpha value is -2.37. The number of halogens is 1. The molecule has 1 aromatic carbocycles. The standard InChI is InChI=1S/C13H15FN4O/c1-17(7-9-6-16-18(2)8-9)13(19)11-5-10(14)3-4-12(11)15/h3-6,8H,7,15H2,1-2H3. The lowest BCUT2D eigenvalue weighted by molar-refractivity contribution is 0.0785. The molecule has 5 nitrogen and oxygen atoms in total. The first-order valence-corrected chi connectivity index (χ1v) is 5.75. The number of aromatic nitrogens is 2. The Balaban J connectivity index is 2.16. The van der Waals surface area contributed by atoms with Gasteiger partial charge in [-0.1, -0.05) is 0 Å². The number of hydrogen-bond donors (Lipinski definition) is 1. The van der Waals surface area contributed by atoms with Gasteiger partial charge in [-0.25, -0.2) is 4.39 Å². The number of benzene rings is 1. The van der Waals surface area contributed by atoms with Crippen molar-refractivity contribution in [3.05, 3.63) is 47.5 Å². The van der Waals surface area contributed by atoms with E-state index in [9.17, 15) is 9.18 Å². The van der Waals surface area contributed by atoms with Crippen LogP contribution in [0.25, 0.3) is 0 Å². The summed E-state index contributed by atoms with van der Waals surface area (Å²) >= 11 is 0. The molecular weight excluding hydrogens is 247 g/mol. The summed E-state index contributed by atoms with van der Waals surface area (Å²) in [5.41, 5.74) is 7.03. The van der Waals surface area contributed by atoms with E-state index in [0.29, 0.717) is 6.54 Å². The highest BCUT2D eigenvalue weighted by Crippen LogP contribution is 2.16. The maximum Gasteiger partial charge on any atom is 0.256 e. The second-order valence-corrected chi connectivity index (χ2v) is 4.42. The number of nitrogens with zero attached hydrogens (tertiary/aromatic N) is 3. The monoisotopic (exact) mass is 262 g/mol. The first kappa shape index (κ1) is 13.1. The normalized spacial score (nSPS) is 10.5. The van der Waals surface area contributed by atoms with E-state index in [-0.39, 0.29) is 17.2 Å². The average Bonchev–Trinajstić information content (AvgIpc) is 2.77. The summed E-state index contributed by atoms with van der Waals surface area (Å²) < 4.78 is 14.8. The lowest BCUT2D eigenvalue weighted by Crippen LogP contribution is -2.27. The molecular formula is C13H15FN4O. The molecule has 2 rings (SSSR count). The van der Waals surface area contributed by atoms with Gasteiger partial charge < -0.3 is 10.6 Å². The van der Waals surface area contributed by atoms with Gasteiger partial charge in [-0.15, -0.1) is 0 Å². The number of aryl methyl sites for hydroxylation is 1. The molecule has 0 aliphatic heterocycles. The Morgan fingerprint density at radius 1 is 1.53 bits per heavy atom. The van der Waals surface area contributed by atoms with Gasteiger partial charge in [0.2, 0.25) is 0 Å². The molecule has 0 bridgehead atoms. The number of rotatable bonds is 3. The molecule has 0 spiro atoms. The van der Waals surface area contributed by atoms with Gasteiger partial charge in [0.15, 0.2) is 0 Å². The van der Waals surface area contributed by atoms with Crippen LogP contribution >= 0.6 is 0 Å². The van der Waals surface area contributed by atoms with Crippen LogP contribution in [0.1, 0.15) is 15.9 Å². The molecule has 0 radical (unpaired) electrons. The lowest BCUT2D eigenvalue weighted by atomic mass is 10.1. The summed E-state index contributed by atoms with van der Waals surface area (Å²) in [4.78, 5) is 13.7. The van der Waals surface area contributed by atoms with Crippen LogP contribution in [0.15, 0.2) is 30.6 Å². The summed E-state index contributed by atoms with van der Waals surface area (Å²) in [6.45, 7) is 0.391. The zero-order chi connectivity index (χ0) is 14.0. The Labute approximate surface area is 110 Å². The van der Waals surface area contributed by atoms with Crippen molar-refractivity contribution in [2.45, 2.75) is 6.54 Å². The molecule has 6 heteroatoms. The minimum absolute atomic E-state index is 0.173. The van der Waals surface area contributed by atoms with Crippen molar-refractivity contribution in [1.82, 2.24) is 14.7 Å². The second-order valence-electron chi connectivity index (χ2n) is 4.42. The third kappa shape index (κ3) is 2.90. The summed E-state index contributed by atoms with van der Waals surface area (Å²) in [7, 11) is 3.44. The predicted octanol–water partition coefficient (Wildman–Crippen LogP) is 1.41. The molecule has 0 unspecified atom stereocenters. The summed E-state index contributed by atoms with van der Waals surface area (Å²) in [5.74, 6) is -0.798. The van der Waals surface area contributed by atoms with Crippen LogP contribution < -0.4 is 5.73 Å². The van der Waals surface area contributed by atoms with E-state index in [0.717, 1.165) is 11.6 Å². The first-order chi connectivity index (χ1) is 8.97. The van der Waals surface area contributed by atoms with Crippen molar-refractivity contribution < 1.29 is 9.18 Å². The maximum absolute atomic E-state index is 13.2. The van der Waals surface area contributed by atoms with Crippen molar-refractivity contribution in [3.8, 4) is 0 Å². The molecule has 0 saturated heterocycles. The maximum atomic E-state index is 13.2. The Bertz CT molecular complexity index is 608. The summed E-state index contributed by atoms with van der Waals surface area (Å²) in [6.07, 6.45) is 3.50. The van der Waals surface area contributed by atoms with E-state index < -0.39 is 5.82 Å². The molecule has 0 atom stereocenters. The van der Waals surface area contributed by atoms with Crippen molar-refractivity contribution in [1.29, 1.82) is 0 Å². The third-order valence-corrected chi connectivity index (χ3v) is 2.77. The zero-order valence-electron chi connectivity index (χ0n) is 10.8. The highest BCUT2D eigenvalue weighted by Gasteiger charge is 2.16. The number of nitrogen functional groups attached to an aromatic ring is 1. The number of nitrogens with two attached hydrogens (primary N) is 1. The minimum Gasteiger partial charge on any atom is -0.398 e. The van der Waals surface area contributed by atoms with Gasteiger partial charge >= 0.3 is 0 Å². The fraction of sp³-hybridized carbons (Fsp3) is 0.231. The van der Waals surface area contributed by atoms with Crippen LogP contribution in [0, 0.1) is 5.82 Å². The van der Waals surface area contributed by atoms with E-state index in [1.54, 1.807) is 25.0 Å². The fourth-order valence-electron chi connectivity index (χ4n) is 1.82. The van der Waals surface area contributed by atoms with Crippen molar-refractivity contribution >= 4 is 11.6 Å². The van der Waals surface area contributed by atoms with E-state index in [1.807, 2.05) is 6.20 Å². The van der Waals surface area contributed by atoms with E-state index in [1.165, 1.54) is 17.0 Å². The van der Waals surface area contributed by atoms with Crippen LogP contribution in [0.3, 0.4) is 0 Å². The predicted molar refractivity (Wildman–Crippen MR) is 69.8 cm³/mol. The SMILES string of the molecule is CN(Cc1cnn(C)c1)C(=O)c1cc(F)ccc1N. The van der Waals surface area contributed by atoms with Crippen LogP contribution in [-0.4, -0.2) is 27.6 Å². The van der Waals surface area contributed by atoms with Gasteiger partial charge in [0.25, 0.3) is 5.91 Å². The van der Waals surface area contributed by atoms with Gasteiger partial charge in [-0.05, 0) is 18.2 Å². The van der Waals surface area contributed by atoms with E-state index in [2.05, 4.69) is 5.10 Å². The third-order valence-electron chi connectivity index (χ3n) is 2.77. The smallest absolute Gasteiger partial charge is 0.256 e. The molecule has 1 aromatic heterocycles. The molecule has 1 amide bonds. The topological polar surface area (TPSA) is 64.2 Å². The van der Waals surface area contributed by atoms with Crippen molar-refractivity contribution in [3.63, 3.8) is 0 Å². The quantitative estimate of drug-likeness (QED) is 0.851. The number of amides is 1. The molecule has 0 saturated carbocycles. The summed E-state index contributed by atoms with van der Waals surface area (Å²) in [5, 5.41) is 4.03. The largest absolute Gasteiger partial charge is 0.398 e. The number of anilines is 1. The van der Waals surface area contributed by atoms with Crippen LogP contribution in [-0.2, 0) is 13.6 Å². The fourth-order valence-corrected chi connectivity index (χ4v) is 1.82. The van der Waals surface area contributed by atoms with Crippen molar-refractivity contribution in [2.24, 2.45) is 7.05 Å². The molecule has 2 aromatic rings. The van der Waals surface area contributed by atoms with E-state index in [4.69, 9.17) is 5.73 Å². The van der Waals surface area contributed by atoms with Crippen molar-refractivity contribution in [2.75, 3.05) is 12.8 Å². The summed E-state index contributed by atoms with van der Waals surface area (Å²) in [6, 6.07) is 3.77. The molecule has 1 heterocycles. The number of hydrogen-bond acceptors (Lipinski definition) is 3. The second kappa shape index (κ2) is 5.09. The Morgan fingerprint density at radius 3 is 2.89 bits per heavy atom. The number of carbonyl (C=O) groups is 1. The average molecular weight is 262 g/mol. The van der Waals surface area contributed by atoms with E-state index >= 15 is 0 Å². The molecule has 0 aliphatic carbocycles. The molecule has 2 N–H and O–H groups in total. The first-order valence-electron chi connectivity index (χ1n) is 5.75. The highest BCUT2D eigenvalue weighted by atomic mass is 19.1. The molecule has 0 fully saturated rings. The van der Waals surface area contributed by atoms with Gasteiger partial charge in [0.05, 0.1) is 11.8 Å². The number of carbonyl (C=O) groups excluding carboxylic acids is 1. The Morgan fingerprint density at radius 2 is 2.26 bits per heavy atom. The van der Waals surface area contributed by atoms with Gasteiger partial charge in [0, 0.05) is 38.1 Å². The van der Waals surface area contributed by atoms with Crippen LogP contribution in [0.2, 0.25) is 0 Å². The van der Waals surface area contributed by atoms with Gasteiger partial charge in [-0.3, -0.25) is 9.48 Å². The molecule has 100 valence electrons. The van der Waals surface area contributed by atoms with Crippen LogP contribution in [0.5, 0.6) is 0 Å². The van der Waals surface area contributed by atoms with Crippen LogP contribution in [0.4, 0.5) is 10.1 Å². The lowest BCUT2D eigenvalue weighted by Gasteiger charge is -2.17. The van der Waals surface area contributed by atoms with Gasteiger partial charge in [0.1, 0.15) is 5.82 Å². The highest BCUT2D eigenvalue weighted by molar-refractivity contribution is 5.98. The van der Waals surface area contributed by atoms with Gasteiger partial charge in [-0.2, -0.15) is 5.10 Å². The minimum atomic E-state index is -0.479. The molecule has 0 aliphatic rings. The molecule has 19 heavy (non-hydrogen) atoms.